The first-order valence-corrected chi connectivity index (χ1v) is 10.5. The number of ether oxygens (including phenoxy) is 1. The van der Waals surface area contributed by atoms with Gasteiger partial charge in [-0.3, -0.25) is 9.36 Å². The van der Waals surface area contributed by atoms with E-state index in [-0.39, 0.29) is 22.9 Å². The predicted molar refractivity (Wildman–Crippen MR) is 104 cm³/mol. The van der Waals surface area contributed by atoms with E-state index in [4.69, 9.17) is 4.74 Å². The number of nitrogens with zero attached hydrogens (tertiary/aromatic N) is 1. The maximum Gasteiger partial charge on any atom is 0.308 e. The van der Waals surface area contributed by atoms with Gasteiger partial charge in [-0.05, 0) is 44.2 Å². The van der Waals surface area contributed by atoms with E-state index in [1.807, 2.05) is 38.1 Å². The van der Waals surface area contributed by atoms with Gasteiger partial charge in [0.15, 0.2) is 0 Å². The van der Waals surface area contributed by atoms with Crippen molar-refractivity contribution in [3.8, 4) is 5.75 Å². The highest BCUT2D eigenvalue weighted by molar-refractivity contribution is 7.89. The Hall–Kier alpha value is -2.16. The van der Waals surface area contributed by atoms with Crippen LogP contribution in [0.2, 0.25) is 0 Å². The molecule has 0 aliphatic heterocycles. The molecule has 0 saturated carbocycles. The second-order valence-corrected chi connectivity index (χ2v) is 8.56. The zero-order chi connectivity index (χ0) is 18.7. The van der Waals surface area contributed by atoms with E-state index in [2.05, 4.69) is 4.72 Å². The topological polar surface area (TPSA) is 77.4 Å². The van der Waals surface area contributed by atoms with Crippen molar-refractivity contribution in [3.63, 3.8) is 0 Å². The average molecular weight is 393 g/mol. The van der Waals surface area contributed by atoms with Crippen molar-refractivity contribution in [2.75, 3.05) is 13.2 Å². The lowest BCUT2D eigenvalue weighted by atomic mass is 10.2. The van der Waals surface area contributed by atoms with Crippen LogP contribution in [-0.2, 0) is 16.6 Å². The van der Waals surface area contributed by atoms with Gasteiger partial charge in [-0.2, -0.15) is 0 Å². The Labute approximate surface area is 156 Å². The molecule has 1 heterocycles. The van der Waals surface area contributed by atoms with Gasteiger partial charge in [-0.25, -0.2) is 13.1 Å². The van der Waals surface area contributed by atoms with Crippen molar-refractivity contribution in [3.05, 3.63) is 57.7 Å². The molecule has 3 rings (SSSR count). The minimum absolute atomic E-state index is 0.0866. The van der Waals surface area contributed by atoms with E-state index in [9.17, 15) is 13.2 Å². The summed E-state index contributed by atoms with van der Waals surface area (Å²) < 4.78 is 35.2. The van der Waals surface area contributed by atoms with Crippen molar-refractivity contribution in [2.24, 2.45) is 0 Å². The molecule has 0 fully saturated rings. The standard InChI is InChI=1S/C18H20N2O4S2/c1-3-20-16-9-8-15(12-17(16)25-18(20)21)26(22,23)19-10-11-24-14-6-4-13(2)5-7-14/h4-9,12,19H,3,10-11H2,1-2H3. The molecular formula is C18H20N2O4S2. The summed E-state index contributed by atoms with van der Waals surface area (Å²) >= 11 is 1.05. The minimum atomic E-state index is -3.66. The summed E-state index contributed by atoms with van der Waals surface area (Å²) in [5.74, 6) is 0.696. The molecule has 3 aromatic rings. The SMILES string of the molecule is CCn1c(=O)sc2cc(S(=O)(=O)NCCOc3ccc(C)cc3)ccc21. The van der Waals surface area contributed by atoms with Gasteiger partial charge in [0.2, 0.25) is 10.0 Å². The average Bonchev–Trinajstić information content (AvgIpc) is 2.94. The van der Waals surface area contributed by atoms with Crippen LogP contribution in [0.4, 0.5) is 0 Å². The van der Waals surface area contributed by atoms with E-state index in [1.165, 1.54) is 12.1 Å². The van der Waals surface area contributed by atoms with Gasteiger partial charge in [-0.1, -0.05) is 29.0 Å². The Balaban J connectivity index is 1.67. The fraction of sp³-hybridized carbons (Fsp3) is 0.278. The van der Waals surface area contributed by atoms with Crippen LogP contribution in [-0.4, -0.2) is 26.1 Å². The third-order valence-corrected chi connectivity index (χ3v) is 6.35. The summed E-state index contributed by atoms with van der Waals surface area (Å²) in [7, 11) is -3.66. The van der Waals surface area contributed by atoms with Gasteiger partial charge < -0.3 is 4.74 Å². The fourth-order valence-corrected chi connectivity index (χ4v) is 4.68. The Bertz CT molecular complexity index is 1070. The third-order valence-electron chi connectivity index (χ3n) is 3.95. The van der Waals surface area contributed by atoms with Crippen LogP contribution in [0.1, 0.15) is 12.5 Å². The second-order valence-electron chi connectivity index (χ2n) is 5.80. The summed E-state index contributed by atoms with van der Waals surface area (Å²) in [4.78, 5) is 12.0. The summed E-state index contributed by atoms with van der Waals surface area (Å²) in [6.07, 6.45) is 0. The summed E-state index contributed by atoms with van der Waals surface area (Å²) in [5.41, 5.74) is 1.89. The number of hydrogen-bond acceptors (Lipinski definition) is 5. The molecular weight excluding hydrogens is 372 g/mol. The molecule has 1 N–H and O–H groups in total. The van der Waals surface area contributed by atoms with Crippen molar-refractivity contribution in [2.45, 2.75) is 25.3 Å². The highest BCUT2D eigenvalue weighted by atomic mass is 32.2. The van der Waals surface area contributed by atoms with Crippen LogP contribution in [0.3, 0.4) is 0 Å². The smallest absolute Gasteiger partial charge is 0.308 e. The first kappa shape index (κ1) is 18.6. The van der Waals surface area contributed by atoms with Gasteiger partial charge in [-0.15, -0.1) is 0 Å². The third kappa shape index (κ3) is 3.98. The number of benzene rings is 2. The van der Waals surface area contributed by atoms with Crippen molar-refractivity contribution in [1.82, 2.24) is 9.29 Å². The number of aromatic nitrogens is 1. The molecule has 0 aliphatic rings. The fourth-order valence-electron chi connectivity index (χ4n) is 2.58. The normalized spacial score (nSPS) is 11.8. The summed E-state index contributed by atoms with van der Waals surface area (Å²) in [6.45, 7) is 4.80. The van der Waals surface area contributed by atoms with Crippen LogP contribution in [0.5, 0.6) is 5.75 Å². The monoisotopic (exact) mass is 392 g/mol. The molecule has 26 heavy (non-hydrogen) atoms. The van der Waals surface area contributed by atoms with Crippen LogP contribution in [0.15, 0.2) is 52.2 Å². The van der Waals surface area contributed by atoms with Crippen LogP contribution >= 0.6 is 11.3 Å². The molecule has 0 unspecified atom stereocenters. The lowest BCUT2D eigenvalue weighted by molar-refractivity contribution is 0.323. The minimum Gasteiger partial charge on any atom is -0.492 e. The number of nitrogens with one attached hydrogen (secondary N) is 1. The largest absolute Gasteiger partial charge is 0.492 e. The molecule has 0 bridgehead atoms. The predicted octanol–water partition coefficient (Wildman–Crippen LogP) is 2.75. The van der Waals surface area contributed by atoms with E-state index >= 15 is 0 Å². The molecule has 8 heteroatoms. The van der Waals surface area contributed by atoms with Crippen LogP contribution in [0, 0.1) is 6.92 Å². The van der Waals surface area contributed by atoms with Crippen molar-refractivity contribution >= 4 is 31.6 Å². The Morgan fingerprint density at radius 2 is 1.88 bits per heavy atom. The molecule has 1 aromatic heterocycles. The van der Waals surface area contributed by atoms with Crippen LogP contribution < -0.4 is 14.3 Å². The lowest BCUT2D eigenvalue weighted by Gasteiger charge is -2.09. The quantitative estimate of drug-likeness (QED) is 0.627. The van der Waals surface area contributed by atoms with E-state index < -0.39 is 10.0 Å². The molecule has 138 valence electrons. The maximum atomic E-state index is 12.4. The molecule has 0 atom stereocenters. The Kier molecular flexibility index (Phi) is 5.45. The van der Waals surface area contributed by atoms with Gasteiger partial charge in [0, 0.05) is 13.1 Å². The molecule has 0 saturated heterocycles. The second kappa shape index (κ2) is 7.61. The molecule has 2 aromatic carbocycles. The first-order valence-electron chi connectivity index (χ1n) is 8.23. The highest BCUT2D eigenvalue weighted by Crippen LogP contribution is 2.21. The maximum absolute atomic E-state index is 12.4. The molecule has 0 radical (unpaired) electrons. The Morgan fingerprint density at radius 3 is 2.58 bits per heavy atom. The van der Waals surface area contributed by atoms with Gasteiger partial charge in [0.25, 0.3) is 0 Å². The van der Waals surface area contributed by atoms with Gasteiger partial charge in [0.1, 0.15) is 12.4 Å². The van der Waals surface area contributed by atoms with Crippen LogP contribution in [0.25, 0.3) is 10.2 Å². The molecule has 6 nitrogen and oxygen atoms in total. The number of thiazole rings is 1. The van der Waals surface area contributed by atoms with Gasteiger partial charge in [0.05, 0.1) is 15.1 Å². The molecule has 0 aliphatic carbocycles. The van der Waals surface area contributed by atoms with Gasteiger partial charge >= 0.3 is 4.87 Å². The number of hydrogen-bond donors (Lipinski definition) is 1. The number of rotatable bonds is 7. The van der Waals surface area contributed by atoms with Crippen molar-refractivity contribution in [1.29, 1.82) is 0 Å². The lowest BCUT2D eigenvalue weighted by Crippen LogP contribution is -2.28. The summed E-state index contributed by atoms with van der Waals surface area (Å²) in [5, 5.41) is 0. The summed E-state index contributed by atoms with van der Waals surface area (Å²) in [6, 6.07) is 12.3. The highest BCUT2D eigenvalue weighted by Gasteiger charge is 2.16. The van der Waals surface area contributed by atoms with E-state index in [0.717, 1.165) is 22.4 Å². The molecule has 0 amide bonds. The Morgan fingerprint density at radius 1 is 1.15 bits per heavy atom. The number of sulfonamides is 1. The van der Waals surface area contributed by atoms with Crippen molar-refractivity contribution < 1.29 is 13.2 Å². The number of fused-ring (bicyclic) bond motifs is 1. The zero-order valence-corrected chi connectivity index (χ0v) is 16.2. The first-order chi connectivity index (χ1) is 12.4. The van der Waals surface area contributed by atoms with E-state index in [0.29, 0.717) is 17.0 Å². The van der Waals surface area contributed by atoms with E-state index in [1.54, 1.807) is 10.6 Å². The number of aryl methyl sites for hydroxylation is 2. The molecule has 0 spiro atoms. The zero-order valence-electron chi connectivity index (χ0n) is 14.6.